The van der Waals surface area contributed by atoms with Gasteiger partial charge in [-0.3, -0.25) is 4.79 Å². The topological polar surface area (TPSA) is 68.7 Å². The molecule has 1 aliphatic heterocycles. The molecule has 3 rings (SSSR count). The Kier molecular flexibility index (Phi) is 5.10. The van der Waals surface area contributed by atoms with Crippen LogP contribution in [0.5, 0.6) is 5.75 Å². The number of likely N-dealkylation sites (tertiary alicyclic amines) is 1. The number of aryl methyl sites for hydroxylation is 2. The third-order valence-corrected chi connectivity index (χ3v) is 5.17. The third-order valence-electron chi connectivity index (χ3n) is 5.17. The van der Waals surface area contributed by atoms with Gasteiger partial charge in [0, 0.05) is 19.1 Å². The Balaban J connectivity index is 1.63. The Morgan fingerprint density at radius 3 is 2.77 bits per heavy atom. The first-order valence-corrected chi connectivity index (χ1v) is 9.10. The van der Waals surface area contributed by atoms with Crippen molar-refractivity contribution in [3.05, 3.63) is 53.0 Å². The van der Waals surface area contributed by atoms with Gasteiger partial charge in [-0.1, -0.05) is 31.5 Å². The number of rotatable bonds is 4. The van der Waals surface area contributed by atoms with Crippen LogP contribution in [0.25, 0.3) is 0 Å². The summed E-state index contributed by atoms with van der Waals surface area (Å²) in [5.74, 6) is 1.74. The van der Waals surface area contributed by atoms with Gasteiger partial charge in [0.2, 0.25) is 0 Å². The predicted octanol–water partition coefficient (Wildman–Crippen LogP) is 3.67. The molecule has 2 heterocycles. The molecule has 0 bridgehead atoms. The fraction of sp³-hybridized carbons (Fsp3) is 0.476. The highest BCUT2D eigenvalue weighted by Gasteiger charge is 2.36. The molecule has 1 aliphatic rings. The van der Waals surface area contributed by atoms with Crippen LogP contribution < -0.4 is 10.5 Å². The molecule has 1 aromatic heterocycles. The maximum Gasteiger partial charge on any atom is 0.289 e. The second kappa shape index (κ2) is 7.16. The van der Waals surface area contributed by atoms with Crippen LogP contribution in [-0.2, 0) is 6.61 Å². The summed E-state index contributed by atoms with van der Waals surface area (Å²) < 4.78 is 11.6. The van der Waals surface area contributed by atoms with Gasteiger partial charge < -0.3 is 19.8 Å². The molecule has 0 radical (unpaired) electrons. The Labute approximate surface area is 155 Å². The molecule has 1 saturated heterocycles. The van der Waals surface area contributed by atoms with E-state index in [1.54, 1.807) is 12.1 Å². The van der Waals surface area contributed by atoms with E-state index in [4.69, 9.17) is 14.9 Å². The van der Waals surface area contributed by atoms with Crippen LogP contribution in [0.2, 0.25) is 0 Å². The molecule has 1 aromatic carbocycles. The molecule has 0 aliphatic carbocycles. The predicted molar refractivity (Wildman–Crippen MR) is 101 cm³/mol. The van der Waals surface area contributed by atoms with Gasteiger partial charge in [-0.05, 0) is 49.4 Å². The summed E-state index contributed by atoms with van der Waals surface area (Å²) in [6.45, 7) is 9.87. The zero-order valence-electron chi connectivity index (χ0n) is 16.0. The second-order valence-electron chi connectivity index (χ2n) is 7.93. The largest absolute Gasteiger partial charge is 0.485 e. The molecular formula is C21H28N2O3. The van der Waals surface area contributed by atoms with Gasteiger partial charge in [0.05, 0.1) is 0 Å². The monoisotopic (exact) mass is 356 g/mol. The Morgan fingerprint density at radius 2 is 2.08 bits per heavy atom. The summed E-state index contributed by atoms with van der Waals surface area (Å²) in [5.41, 5.74) is 8.35. The fourth-order valence-electron chi connectivity index (χ4n) is 3.38. The van der Waals surface area contributed by atoms with E-state index in [1.165, 1.54) is 5.56 Å². The van der Waals surface area contributed by atoms with Gasteiger partial charge in [0.1, 0.15) is 18.1 Å². The van der Waals surface area contributed by atoms with Gasteiger partial charge >= 0.3 is 0 Å². The Morgan fingerprint density at radius 1 is 1.31 bits per heavy atom. The number of ether oxygens (including phenoxy) is 1. The number of carbonyl (C=O) groups excluding carboxylic acids is 1. The zero-order chi connectivity index (χ0) is 18.9. The van der Waals surface area contributed by atoms with Crippen molar-refractivity contribution in [2.24, 2.45) is 11.1 Å². The molecular weight excluding hydrogens is 328 g/mol. The quantitative estimate of drug-likeness (QED) is 0.907. The summed E-state index contributed by atoms with van der Waals surface area (Å²) in [6.07, 6.45) is 0.808. The first kappa shape index (κ1) is 18.5. The normalized spacial score (nSPS) is 19.4. The van der Waals surface area contributed by atoms with Crippen LogP contribution in [0, 0.1) is 19.3 Å². The number of amides is 1. The van der Waals surface area contributed by atoms with Gasteiger partial charge in [0.25, 0.3) is 5.91 Å². The number of hydrogen-bond acceptors (Lipinski definition) is 4. The highest BCUT2D eigenvalue weighted by atomic mass is 16.5. The van der Waals surface area contributed by atoms with E-state index in [9.17, 15) is 4.79 Å². The van der Waals surface area contributed by atoms with E-state index in [0.717, 1.165) is 17.7 Å². The van der Waals surface area contributed by atoms with Crippen molar-refractivity contribution in [3.8, 4) is 5.75 Å². The number of nitrogens with two attached hydrogens (primary N) is 1. The van der Waals surface area contributed by atoms with Crippen LogP contribution in [0.4, 0.5) is 0 Å². The summed E-state index contributed by atoms with van der Waals surface area (Å²) >= 11 is 0. The summed E-state index contributed by atoms with van der Waals surface area (Å²) in [5, 5.41) is 0. The number of carbonyl (C=O) groups is 1. The minimum absolute atomic E-state index is 0.0808. The van der Waals surface area contributed by atoms with Crippen LogP contribution in [-0.4, -0.2) is 29.9 Å². The molecule has 1 fully saturated rings. The highest BCUT2D eigenvalue weighted by molar-refractivity contribution is 5.91. The number of nitrogens with zero attached hydrogens (tertiary/aromatic N) is 1. The molecule has 1 atom stereocenters. The second-order valence-corrected chi connectivity index (χ2v) is 7.93. The minimum atomic E-state index is -0.0879. The fourth-order valence-corrected chi connectivity index (χ4v) is 3.38. The molecule has 5 nitrogen and oxygen atoms in total. The lowest BCUT2D eigenvalue weighted by atomic mass is 9.79. The summed E-state index contributed by atoms with van der Waals surface area (Å²) in [7, 11) is 0. The van der Waals surface area contributed by atoms with E-state index >= 15 is 0 Å². The minimum Gasteiger partial charge on any atom is -0.485 e. The average Bonchev–Trinajstić information content (AvgIpc) is 3.05. The van der Waals surface area contributed by atoms with Crippen molar-refractivity contribution >= 4 is 5.91 Å². The number of piperidine rings is 1. The SMILES string of the molecule is Cc1ccc(OCc2ccc(C(=O)N3CCC(N)C(C)(C)C3)o2)c(C)c1. The first-order chi connectivity index (χ1) is 12.3. The highest BCUT2D eigenvalue weighted by Crippen LogP contribution is 2.29. The molecule has 1 amide bonds. The number of hydrogen-bond donors (Lipinski definition) is 1. The number of benzene rings is 1. The van der Waals surface area contributed by atoms with Crippen molar-refractivity contribution in [1.29, 1.82) is 0 Å². The zero-order valence-corrected chi connectivity index (χ0v) is 16.0. The van der Waals surface area contributed by atoms with Crippen LogP contribution >= 0.6 is 0 Å². The molecule has 0 saturated carbocycles. The van der Waals surface area contributed by atoms with Crippen molar-refractivity contribution in [1.82, 2.24) is 4.90 Å². The van der Waals surface area contributed by atoms with Crippen LogP contribution in [0.15, 0.2) is 34.7 Å². The van der Waals surface area contributed by atoms with Crippen molar-refractivity contribution in [2.45, 2.75) is 46.8 Å². The maximum atomic E-state index is 12.7. The van der Waals surface area contributed by atoms with Crippen LogP contribution in [0.1, 0.15) is 47.7 Å². The lowest BCUT2D eigenvalue weighted by Crippen LogP contribution is -2.53. The third kappa shape index (κ3) is 3.93. The average molecular weight is 356 g/mol. The van der Waals surface area contributed by atoms with Crippen molar-refractivity contribution in [2.75, 3.05) is 13.1 Å². The summed E-state index contributed by atoms with van der Waals surface area (Å²) in [6, 6.07) is 9.70. The van der Waals surface area contributed by atoms with E-state index in [-0.39, 0.29) is 17.4 Å². The lowest BCUT2D eigenvalue weighted by molar-refractivity contribution is 0.0500. The first-order valence-electron chi connectivity index (χ1n) is 9.10. The van der Waals surface area contributed by atoms with Crippen molar-refractivity contribution < 1.29 is 13.9 Å². The molecule has 5 heteroatoms. The van der Waals surface area contributed by atoms with Gasteiger partial charge in [-0.15, -0.1) is 0 Å². The molecule has 140 valence electrons. The molecule has 0 spiro atoms. The summed E-state index contributed by atoms with van der Waals surface area (Å²) in [4.78, 5) is 14.6. The maximum absolute atomic E-state index is 12.7. The molecule has 26 heavy (non-hydrogen) atoms. The van der Waals surface area contributed by atoms with Gasteiger partial charge in [0.15, 0.2) is 5.76 Å². The van der Waals surface area contributed by atoms with Crippen molar-refractivity contribution in [3.63, 3.8) is 0 Å². The Hall–Kier alpha value is -2.27. The van der Waals surface area contributed by atoms with Gasteiger partial charge in [-0.25, -0.2) is 0 Å². The standard InChI is InChI=1S/C21H28N2O3/c1-14-5-7-17(15(2)11-14)25-12-16-6-8-18(26-16)20(24)23-10-9-19(22)21(3,4)13-23/h5-8,11,19H,9-10,12-13,22H2,1-4H3. The molecule has 1 unspecified atom stereocenters. The molecule has 2 N–H and O–H groups in total. The Bertz CT molecular complexity index is 794. The van der Waals surface area contributed by atoms with E-state index < -0.39 is 0 Å². The lowest BCUT2D eigenvalue weighted by Gasteiger charge is -2.42. The van der Waals surface area contributed by atoms with Crippen LogP contribution in [0.3, 0.4) is 0 Å². The van der Waals surface area contributed by atoms with Gasteiger partial charge in [-0.2, -0.15) is 0 Å². The van der Waals surface area contributed by atoms with E-state index in [0.29, 0.717) is 31.2 Å². The van der Waals surface area contributed by atoms with E-state index in [1.807, 2.05) is 24.0 Å². The smallest absolute Gasteiger partial charge is 0.289 e. The number of furan rings is 1. The van der Waals surface area contributed by atoms with E-state index in [2.05, 4.69) is 26.8 Å². The molecule has 2 aromatic rings.